The van der Waals surface area contributed by atoms with Crippen LogP contribution in [-0.2, 0) is 0 Å². The molecule has 0 unspecified atom stereocenters. The maximum atomic E-state index is 12.2. The van der Waals surface area contributed by atoms with Crippen LogP contribution in [0.5, 0.6) is 0 Å². The zero-order valence-corrected chi connectivity index (χ0v) is 17.6. The number of carbonyl (C=O) groups is 3. The molecule has 10 heteroatoms. The molecule has 3 aromatic rings. The van der Waals surface area contributed by atoms with Gasteiger partial charge in [-0.1, -0.05) is 30.0 Å². The fraction of sp³-hybridized carbons (Fsp3) is 0.0455. The second-order valence-corrected chi connectivity index (χ2v) is 7.56. The Balaban J connectivity index is 1.61. The van der Waals surface area contributed by atoms with Crippen molar-refractivity contribution in [3.63, 3.8) is 0 Å². The van der Waals surface area contributed by atoms with E-state index in [9.17, 15) is 24.5 Å². The molecule has 4 amide bonds. The van der Waals surface area contributed by atoms with E-state index >= 15 is 0 Å². The van der Waals surface area contributed by atoms with Gasteiger partial charge in [0.1, 0.15) is 5.56 Å². The molecule has 0 saturated heterocycles. The van der Waals surface area contributed by atoms with Gasteiger partial charge in [-0.3, -0.25) is 25.0 Å². The Morgan fingerprint density at radius 2 is 1.59 bits per heavy atom. The Labute approximate surface area is 187 Å². The third-order valence-corrected chi connectivity index (χ3v) is 5.24. The summed E-state index contributed by atoms with van der Waals surface area (Å²) in [6, 6.07) is 18.6. The van der Waals surface area contributed by atoms with E-state index in [4.69, 9.17) is 0 Å². The molecular formula is C22H18N4O5S. The molecule has 0 aliphatic rings. The van der Waals surface area contributed by atoms with Crippen molar-refractivity contribution in [1.29, 1.82) is 0 Å². The number of nitrogens with zero attached hydrogens (tertiary/aromatic N) is 1. The Kier molecular flexibility index (Phi) is 7.19. The number of nitrogens with one attached hydrogen (secondary N) is 3. The van der Waals surface area contributed by atoms with Crippen LogP contribution in [0.15, 0.2) is 82.6 Å². The van der Waals surface area contributed by atoms with E-state index in [1.807, 2.05) is 6.07 Å². The molecule has 0 radical (unpaired) electrons. The van der Waals surface area contributed by atoms with Crippen molar-refractivity contribution < 1.29 is 19.3 Å². The van der Waals surface area contributed by atoms with Crippen molar-refractivity contribution in [3.05, 3.63) is 94.0 Å². The Bertz CT molecular complexity index is 1180. The summed E-state index contributed by atoms with van der Waals surface area (Å²) in [7, 11) is 1.57. The average molecular weight is 450 g/mol. The lowest BCUT2D eigenvalue weighted by molar-refractivity contribution is -0.385. The second-order valence-electron chi connectivity index (χ2n) is 6.42. The zero-order valence-electron chi connectivity index (χ0n) is 16.8. The molecule has 3 aromatic carbocycles. The molecule has 0 spiro atoms. The van der Waals surface area contributed by atoms with Gasteiger partial charge in [0.25, 0.3) is 17.5 Å². The number of para-hydroxylation sites is 1. The van der Waals surface area contributed by atoms with Gasteiger partial charge in [0.15, 0.2) is 0 Å². The van der Waals surface area contributed by atoms with Gasteiger partial charge < -0.3 is 10.6 Å². The summed E-state index contributed by atoms with van der Waals surface area (Å²) >= 11 is 1.44. The van der Waals surface area contributed by atoms with Crippen LogP contribution in [0.1, 0.15) is 20.7 Å². The monoisotopic (exact) mass is 450 g/mol. The van der Waals surface area contributed by atoms with Crippen LogP contribution in [0.3, 0.4) is 0 Å². The lowest BCUT2D eigenvalue weighted by Gasteiger charge is -2.08. The van der Waals surface area contributed by atoms with Gasteiger partial charge in [0.05, 0.1) is 4.92 Å². The highest BCUT2D eigenvalue weighted by atomic mass is 32.2. The van der Waals surface area contributed by atoms with Crippen LogP contribution >= 0.6 is 11.8 Å². The zero-order chi connectivity index (χ0) is 23.1. The summed E-state index contributed by atoms with van der Waals surface area (Å²) in [5.41, 5.74) is 0.384. The number of nitro benzene ring substituents is 1. The molecule has 0 aliphatic carbocycles. The largest absolute Gasteiger partial charge is 0.355 e. The van der Waals surface area contributed by atoms with Gasteiger partial charge in [-0.2, -0.15) is 0 Å². The molecule has 162 valence electrons. The molecule has 9 nitrogen and oxygen atoms in total. The van der Waals surface area contributed by atoms with E-state index in [0.717, 1.165) is 9.79 Å². The number of urea groups is 1. The standard InChI is InChI=1S/C22H18N4O5S/c1-23-20(27)14-5-4-6-17(13-14)32-16-11-9-15(10-12-16)24-22(29)25-21(28)18-7-2-3-8-19(18)26(30)31/h2-13H,1H3,(H,23,27)(H2,24,25,28,29). The Morgan fingerprint density at radius 1 is 0.875 bits per heavy atom. The molecule has 0 bridgehead atoms. The summed E-state index contributed by atoms with van der Waals surface area (Å²) in [5.74, 6) is -1.05. The molecular weight excluding hydrogens is 432 g/mol. The minimum absolute atomic E-state index is 0.173. The highest BCUT2D eigenvalue weighted by Gasteiger charge is 2.20. The summed E-state index contributed by atoms with van der Waals surface area (Å²) in [4.78, 5) is 48.2. The van der Waals surface area contributed by atoms with Crippen molar-refractivity contribution in [2.75, 3.05) is 12.4 Å². The molecule has 0 heterocycles. The predicted octanol–water partition coefficient (Wildman–Crippen LogP) is 4.07. The predicted molar refractivity (Wildman–Crippen MR) is 120 cm³/mol. The lowest BCUT2D eigenvalue weighted by atomic mass is 10.1. The fourth-order valence-corrected chi connectivity index (χ4v) is 3.62. The van der Waals surface area contributed by atoms with Gasteiger partial charge in [0.2, 0.25) is 0 Å². The number of hydrogen-bond donors (Lipinski definition) is 3. The van der Waals surface area contributed by atoms with Crippen LogP contribution in [0, 0.1) is 10.1 Å². The van der Waals surface area contributed by atoms with Crippen molar-refractivity contribution >= 4 is 41.0 Å². The summed E-state index contributed by atoms with van der Waals surface area (Å²) in [6.07, 6.45) is 0. The quantitative estimate of drug-likeness (QED) is 0.383. The van der Waals surface area contributed by atoms with Gasteiger partial charge in [-0.05, 0) is 48.5 Å². The highest BCUT2D eigenvalue weighted by Crippen LogP contribution is 2.29. The molecule has 32 heavy (non-hydrogen) atoms. The molecule has 0 aliphatic heterocycles. The van der Waals surface area contributed by atoms with Gasteiger partial charge in [0, 0.05) is 34.2 Å². The van der Waals surface area contributed by atoms with Gasteiger partial charge in [-0.25, -0.2) is 4.79 Å². The lowest BCUT2D eigenvalue weighted by Crippen LogP contribution is -2.34. The normalized spacial score (nSPS) is 10.2. The molecule has 0 saturated carbocycles. The topological polar surface area (TPSA) is 130 Å². The van der Waals surface area contributed by atoms with Crippen LogP contribution in [0.25, 0.3) is 0 Å². The number of carbonyl (C=O) groups excluding carboxylic acids is 3. The van der Waals surface area contributed by atoms with Crippen molar-refractivity contribution in [2.24, 2.45) is 0 Å². The minimum Gasteiger partial charge on any atom is -0.355 e. The third-order valence-electron chi connectivity index (χ3n) is 4.24. The molecule has 0 aromatic heterocycles. The maximum Gasteiger partial charge on any atom is 0.326 e. The molecule has 3 N–H and O–H groups in total. The Morgan fingerprint density at radius 3 is 2.28 bits per heavy atom. The van der Waals surface area contributed by atoms with Crippen molar-refractivity contribution in [1.82, 2.24) is 10.6 Å². The van der Waals surface area contributed by atoms with E-state index in [-0.39, 0.29) is 17.2 Å². The van der Waals surface area contributed by atoms with E-state index in [0.29, 0.717) is 11.3 Å². The number of benzene rings is 3. The molecule has 0 atom stereocenters. The number of rotatable bonds is 6. The first-order valence-corrected chi connectivity index (χ1v) is 10.1. The van der Waals surface area contributed by atoms with Crippen LogP contribution < -0.4 is 16.0 Å². The van der Waals surface area contributed by atoms with Gasteiger partial charge in [-0.15, -0.1) is 0 Å². The summed E-state index contributed by atoms with van der Waals surface area (Å²) < 4.78 is 0. The van der Waals surface area contributed by atoms with Gasteiger partial charge >= 0.3 is 6.03 Å². The maximum absolute atomic E-state index is 12.2. The van der Waals surface area contributed by atoms with Crippen molar-refractivity contribution in [2.45, 2.75) is 9.79 Å². The van der Waals surface area contributed by atoms with Crippen LogP contribution in [-0.4, -0.2) is 29.8 Å². The summed E-state index contributed by atoms with van der Waals surface area (Å²) in [5, 5.41) is 18.2. The number of amides is 4. The number of imide groups is 1. The fourth-order valence-electron chi connectivity index (χ4n) is 2.75. The minimum atomic E-state index is -0.877. The first kappa shape index (κ1) is 22.5. The van der Waals surface area contributed by atoms with E-state index in [2.05, 4.69) is 16.0 Å². The average Bonchev–Trinajstić information content (AvgIpc) is 2.80. The molecule has 0 fully saturated rings. The second kappa shape index (κ2) is 10.2. The van der Waals surface area contributed by atoms with Crippen LogP contribution in [0.2, 0.25) is 0 Å². The number of nitro groups is 1. The molecule has 3 rings (SSSR count). The Hall–Kier alpha value is -4.18. The van der Waals surface area contributed by atoms with Crippen molar-refractivity contribution in [3.8, 4) is 0 Å². The SMILES string of the molecule is CNC(=O)c1cccc(Sc2ccc(NC(=O)NC(=O)c3ccccc3[N+](=O)[O-])cc2)c1. The van der Waals surface area contributed by atoms with E-state index in [1.165, 1.54) is 36.0 Å². The van der Waals surface area contributed by atoms with Crippen LogP contribution in [0.4, 0.5) is 16.2 Å². The highest BCUT2D eigenvalue weighted by molar-refractivity contribution is 7.99. The first-order chi connectivity index (χ1) is 15.4. The third kappa shape index (κ3) is 5.70. The first-order valence-electron chi connectivity index (χ1n) is 9.33. The number of hydrogen-bond acceptors (Lipinski definition) is 6. The van der Waals surface area contributed by atoms with E-state index < -0.39 is 16.9 Å². The summed E-state index contributed by atoms with van der Waals surface area (Å²) in [6.45, 7) is 0. The smallest absolute Gasteiger partial charge is 0.326 e. The number of anilines is 1. The van der Waals surface area contributed by atoms with E-state index in [1.54, 1.807) is 49.5 Å².